The molecule has 2 aromatic carbocycles. The lowest BCUT2D eigenvalue weighted by Gasteiger charge is -2.18. The van der Waals surface area contributed by atoms with Crippen LogP contribution < -0.4 is 9.64 Å². The molecule has 8 heteroatoms. The van der Waals surface area contributed by atoms with Crippen molar-refractivity contribution in [1.82, 2.24) is 0 Å². The number of methoxy groups -OCH3 is 1. The number of ketones is 1. The zero-order valence-corrected chi connectivity index (χ0v) is 15.5. The van der Waals surface area contributed by atoms with Crippen molar-refractivity contribution in [2.24, 2.45) is 0 Å². The van der Waals surface area contributed by atoms with Crippen molar-refractivity contribution < 1.29 is 24.0 Å². The van der Waals surface area contributed by atoms with Gasteiger partial charge in [-0.1, -0.05) is 0 Å². The van der Waals surface area contributed by atoms with E-state index in [2.05, 4.69) is 0 Å². The average molecular weight is 372 g/mol. The second-order valence-electron chi connectivity index (χ2n) is 5.99. The molecule has 0 fully saturated rings. The van der Waals surface area contributed by atoms with E-state index in [1.54, 1.807) is 43.3 Å². The molecule has 2 aromatic rings. The number of Topliss-reactive ketones (excluding diaryl/α,β-unsaturated/α-hetero) is 1. The number of nitrogens with zero attached hydrogens (tertiary/aromatic N) is 2. The van der Waals surface area contributed by atoms with Crippen molar-refractivity contribution in [3.8, 4) is 5.75 Å². The monoisotopic (exact) mass is 372 g/mol. The number of carbonyl (C=O) groups excluding carboxylic acids is 2. The van der Waals surface area contributed by atoms with E-state index in [1.807, 2.05) is 0 Å². The van der Waals surface area contributed by atoms with Gasteiger partial charge in [-0.25, -0.2) is 4.79 Å². The first-order valence-electron chi connectivity index (χ1n) is 8.09. The number of esters is 1. The highest BCUT2D eigenvalue weighted by Gasteiger charge is 2.24. The fourth-order valence-corrected chi connectivity index (χ4v) is 2.46. The van der Waals surface area contributed by atoms with E-state index in [1.165, 1.54) is 26.2 Å². The third-order valence-corrected chi connectivity index (χ3v) is 3.92. The minimum atomic E-state index is -1.06. The molecule has 1 atom stereocenters. The largest absolute Gasteiger partial charge is 0.497 e. The molecule has 8 nitrogen and oxygen atoms in total. The highest BCUT2D eigenvalue weighted by Crippen LogP contribution is 2.25. The summed E-state index contributed by atoms with van der Waals surface area (Å²) in [6.45, 7) is 1.46. The normalized spacial score (nSPS) is 11.4. The fraction of sp³-hybridized carbons (Fsp3) is 0.263. The van der Waals surface area contributed by atoms with Gasteiger partial charge in [0.15, 0.2) is 6.10 Å². The molecular weight excluding hydrogens is 352 g/mol. The molecule has 0 aromatic heterocycles. The maximum absolute atomic E-state index is 12.5. The summed E-state index contributed by atoms with van der Waals surface area (Å²) >= 11 is 0. The van der Waals surface area contributed by atoms with Crippen LogP contribution in [0.1, 0.15) is 27.6 Å². The second kappa shape index (κ2) is 8.31. The van der Waals surface area contributed by atoms with Gasteiger partial charge < -0.3 is 14.4 Å². The molecule has 142 valence electrons. The highest BCUT2D eigenvalue weighted by molar-refractivity contribution is 6.03. The lowest BCUT2D eigenvalue weighted by Crippen LogP contribution is -2.25. The summed E-state index contributed by atoms with van der Waals surface area (Å²) in [4.78, 5) is 37.1. The quantitative estimate of drug-likeness (QED) is 0.319. The van der Waals surface area contributed by atoms with Gasteiger partial charge in [0, 0.05) is 31.8 Å². The summed E-state index contributed by atoms with van der Waals surface area (Å²) in [6, 6.07) is 10.3. The summed E-state index contributed by atoms with van der Waals surface area (Å²) in [5.74, 6) is -0.594. The fourth-order valence-electron chi connectivity index (χ4n) is 2.46. The van der Waals surface area contributed by atoms with Gasteiger partial charge in [0.05, 0.1) is 23.3 Å². The molecule has 0 N–H and O–H groups in total. The molecule has 27 heavy (non-hydrogen) atoms. The smallest absolute Gasteiger partial charge is 0.341 e. The molecule has 0 bridgehead atoms. The summed E-state index contributed by atoms with van der Waals surface area (Å²) in [5, 5.41) is 11.0. The minimum absolute atomic E-state index is 0.0172. The first-order chi connectivity index (χ1) is 12.7. The van der Waals surface area contributed by atoms with E-state index in [-0.39, 0.29) is 17.0 Å². The zero-order chi connectivity index (χ0) is 20.1. The number of non-ortho nitro benzene ring substituents is 1. The van der Waals surface area contributed by atoms with E-state index in [4.69, 9.17) is 9.47 Å². The van der Waals surface area contributed by atoms with Crippen molar-refractivity contribution in [2.45, 2.75) is 13.0 Å². The summed E-state index contributed by atoms with van der Waals surface area (Å²) in [7, 11) is 4.91. The van der Waals surface area contributed by atoms with Crippen LogP contribution in [0.25, 0.3) is 0 Å². The second-order valence-corrected chi connectivity index (χ2v) is 5.99. The van der Waals surface area contributed by atoms with Crippen LogP contribution in [0.15, 0.2) is 42.5 Å². The lowest BCUT2D eigenvalue weighted by atomic mass is 10.1. The molecule has 0 aliphatic heterocycles. The molecule has 0 radical (unpaired) electrons. The van der Waals surface area contributed by atoms with Gasteiger partial charge in [-0.3, -0.25) is 14.9 Å². The number of nitro groups is 1. The molecule has 0 spiro atoms. The molecule has 2 rings (SSSR count). The molecule has 0 aliphatic carbocycles. The summed E-state index contributed by atoms with van der Waals surface area (Å²) in [6.07, 6.45) is -1.06. The van der Waals surface area contributed by atoms with Crippen molar-refractivity contribution in [1.29, 1.82) is 0 Å². The zero-order valence-electron chi connectivity index (χ0n) is 15.5. The Kier molecular flexibility index (Phi) is 6.12. The van der Waals surface area contributed by atoms with Crippen LogP contribution in [0.3, 0.4) is 0 Å². The Morgan fingerprint density at radius 3 is 2.26 bits per heavy atom. The molecular formula is C19H20N2O6. The van der Waals surface area contributed by atoms with E-state index < -0.39 is 17.0 Å². The first-order valence-corrected chi connectivity index (χ1v) is 8.09. The van der Waals surface area contributed by atoms with Gasteiger partial charge in [-0.05, 0) is 37.3 Å². The number of benzene rings is 2. The van der Waals surface area contributed by atoms with Gasteiger partial charge >= 0.3 is 5.97 Å². The third kappa shape index (κ3) is 4.60. The van der Waals surface area contributed by atoms with Crippen molar-refractivity contribution in [2.75, 3.05) is 26.1 Å². The lowest BCUT2D eigenvalue weighted by molar-refractivity contribution is -0.384. The number of anilines is 1. The third-order valence-electron chi connectivity index (χ3n) is 3.92. The Bertz CT molecular complexity index is 861. The van der Waals surface area contributed by atoms with Crippen molar-refractivity contribution in [3.05, 3.63) is 63.7 Å². The molecule has 0 unspecified atom stereocenters. The van der Waals surface area contributed by atoms with Crippen LogP contribution in [-0.4, -0.2) is 44.0 Å². The molecule has 0 amide bonds. The number of hydrogen-bond donors (Lipinski definition) is 0. The van der Waals surface area contributed by atoms with E-state index in [0.29, 0.717) is 17.0 Å². The van der Waals surface area contributed by atoms with Gasteiger partial charge in [0.1, 0.15) is 5.75 Å². The number of hydrogen-bond acceptors (Lipinski definition) is 7. The van der Waals surface area contributed by atoms with Crippen molar-refractivity contribution >= 4 is 23.1 Å². The highest BCUT2D eigenvalue weighted by atomic mass is 16.6. The first kappa shape index (κ1) is 19.9. The number of rotatable bonds is 7. The minimum Gasteiger partial charge on any atom is -0.497 e. The van der Waals surface area contributed by atoms with Gasteiger partial charge in [-0.15, -0.1) is 0 Å². The summed E-state index contributed by atoms with van der Waals surface area (Å²) in [5.41, 5.74) is 0.600. The van der Waals surface area contributed by atoms with Crippen molar-refractivity contribution in [3.63, 3.8) is 0 Å². The predicted molar refractivity (Wildman–Crippen MR) is 99.6 cm³/mol. The van der Waals surface area contributed by atoms with Crippen LogP contribution in [0.5, 0.6) is 5.75 Å². The maximum Gasteiger partial charge on any atom is 0.341 e. The number of carbonyl (C=O) groups is 2. The number of nitro benzene ring substituents is 1. The van der Waals surface area contributed by atoms with Crippen LogP contribution in [0, 0.1) is 10.1 Å². The van der Waals surface area contributed by atoms with E-state index in [0.717, 1.165) is 6.07 Å². The van der Waals surface area contributed by atoms with Crippen LogP contribution in [0.4, 0.5) is 11.4 Å². The molecule has 0 saturated heterocycles. The van der Waals surface area contributed by atoms with Crippen LogP contribution in [0.2, 0.25) is 0 Å². The van der Waals surface area contributed by atoms with Crippen LogP contribution in [-0.2, 0) is 4.74 Å². The predicted octanol–water partition coefficient (Wildman–Crippen LogP) is 3.10. The van der Waals surface area contributed by atoms with E-state index in [9.17, 15) is 19.7 Å². The Hall–Kier alpha value is -3.42. The summed E-state index contributed by atoms with van der Waals surface area (Å²) < 4.78 is 10.3. The Morgan fingerprint density at radius 1 is 1.11 bits per heavy atom. The van der Waals surface area contributed by atoms with Crippen LogP contribution >= 0.6 is 0 Å². The van der Waals surface area contributed by atoms with Gasteiger partial charge in [0.2, 0.25) is 5.78 Å². The molecule has 0 aliphatic rings. The maximum atomic E-state index is 12.5. The topological polar surface area (TPSA) is 99.0 Å². The Labute approximate surface area is 156 Å². The number of ether oxygens (including phenoxy) is 2. The van der Waals surface area contributed by atoms with Gasteiger partial charge in [-0.2, -0.15) is 0 Å². The van der Waals surface area contributed by atoms with E-state index >= 15 is 0 Å². The molecule has 0 saturated carbocycles. The molecule has 0 heterocycles. The standard InChI is InChI=1S/C19H20N2O6/c1-12(18(22)13-5-8-15(26-4)9-6-13)27-19(23)16-11-14(21(24)25)7-10-17(16)20(2)3/h5-12H,1-4H3/t12-/m0/s1. The Morgan fingerprint density at radius 2 is 1.74 bits per heavy atom. The SMILES string of the molecule is COc1ccc(C(=O)[C@H](C)OC(=O)c2cc([N+](=O)[O-])ccc2N(C)C)cc1. The van der Waals surface area contributed by atoms with Gasteiger partial charge in [0.25, 0.3) is 5.69 Å². The Balaban J connectivity index is 2.23. The average Bonchev–Trinajstić information content (AvgIpc) is 2.66.